The van der Waals surface area contributed by atoms with Crippen molar-refractivity contribution in [2.75, 3.05) is 36.7 Å². The molecular weight excluding hydrogens is 338 g/mol. The van der Waals surface area contributed by atoms with Gasteiger partial charge < -0.3 is 10.2 Å². The molecule has 6 nitrogen and oxygen atoms in total. The minimum Gasteiger partial charge on any atom is -0.339 e. The molecule has 0 aromatic heterocycles. The van der Waals surface area contributed by atoms with Crippen molar-refractivity contribution in [3.05, 3.63) is 29.8 Å². The standard InChI is InChI=1S/C18H27N3O3S/c1-2-11-25(23,24)20-17-5-3-14(4-6-17)18(22)21-9-7-15-12-19-13-16(15)8-10-21/h3-6,15-16,19-20H,2,7-13H2,1H3/t15-,16+. The van der Waals surface area contributed by atoms with Gasteiger partial charge in [-0.1, -0.05) is 6.92 Å². The Balaban J connectivity index is 1.62. The molecule has 2 aliphatic rings. The lowest BCUT2D eigenvalue weighted by Crippen LogP contribution is -2.32. The average molecular weight is 365 g/mol. The first-order valence-electron chi connectivity index (χ1n) is 9.09. The highest BCUT2D eigenvalue weighted by Gasteiger charge is 2.31. The van der Waals surface area contributed by atoms with Crippen LogP contribution in [0.3, 0.4) is 0 Å². The van der Waals surface area contributed by atoms with Gasteiger partial charge in [0.25, 0.3) is 5.91 Å². The summed E-state index contributed by atoms with van der Waals surface area (Å²) in [5.41, 5.74) is 1.12. The Morgan fingerprint density at radius 3 is 2.32 bits per heavy atom. The second kappa shape index (κ2) is 7.74. The quantitative estimate of drug-likeness (QED) is 0.835. The highest BCUT2D eigenvalue weighted by Crippen LogP contribution is 2.27. The molecule has 2 atom stereocenters. The van der Waals surface area contributed by atoms with Gasteiger partial charge in [0.1, 0.15) is 0 Å². The molecule has 2 saturated heterocycles. The molecule has 1 amide bonds. The number of rotatable bonds is 5. The third kappa shape index (κ3) is 4.52. The predicted octanol–water partition coefficient (Wildman–Crippen LogP) is 1.91. The van der Waals surface area contributed by atoms with Gasteiger partial charge in [-0.25, -0.2) is 8.42 Å². The van der Waals surface area contributed by atoms with Crippen LogP contribution in [0.25, 0.3) is 0 Å². The summed E-state index contributed by atoms with van der Waals surface area (Å²) in [7, 11) is -3.30. The van der Waals surface area contributed by atoms with Crippen LogP contribution in [0.2, 0.25) is 0 Å². The lowest BCUT2D eigenvalue weighted by atomic mass is 9.92. The molecule has 2 N–H and O–H groups in total. The summed E-state index contributed by atoms with van der Waals surface area (Å²) < 4.78 is 26.2. The van der Waals surface area contributed by atoms with Gasteiger partial charge in [0.15, 0.2) is 0 Å². The molecule has 2 fully saturated rings. The molecule has 0 radical (unpaired) electrons. The minimum absolute atomic E-state index is 0.0379. The molecule has 0 aliphatic carbocycles. The van der Waals surface area contributed by atoms with Gasteiger partial charge in [0, 0.05) is 24.3 Å². The topological polar surface area (TPSA) is 78.5 Å². The first-order chi connectivity index (χ1) is 12.0. The second-order valence-electron chi connectivity index (χ2n) is 7.05. The zero-order chi connectivity index (χ0) is 17.9. The predicted molar refractivity (Wildman–Crippen MR) is 99.1 cm³/mol. The minimum atomic E-state index is -3.30. The number of carbonyl (C=O) groups is 1. The number of hydrogen-bond donors (Lipinski definition) is 2. The fourth-order valence-corrected chi connectivity index (χ4v) is 4.92. The highest BCUT2D eigenvalue weighted by molar-refractivity contribution is 7.92. The molecule has 0 bridgehead atoms. The maximum Gasteiger partial charge on any atom is 0.253 e. The Bertz CT molecular complexity index is 689. The van der Waals surface area contributed by atoms with Crippen molar-refractivity contribution in [1.29, 1.82) is 0 Å². The van der Waals surface area contributed by atoms with Crippen molar-refractivity contribution in [3.63, 3.8) is 0 Å². The van der Waals surface area contributed by atoms with E-state index in [0.717, 1.165) is 39.0 Å². The van der Waals surface area contributed by atoms with Crippen LogP contribution in [-0.2, 0) is 10.0 Å². The number of carbonyl (C=O) groups excluding carboxylic acids is 1. The molecule has 1 aromatic rings. The zero-order valence-electron chi connectivity index (χ0n) is 14.7. The summed E-state index contributed by atoms with van der Waals surface area (Å²) in [6.07, 6.45) is 2.68. The van der Waals surface area contributed by atoms with Crippen LogP contribution in [0.15, 0.2) is 24.3 Å². The van der Waals surface area contributed by atoms with Crippen molar-refractivity contribution in [2.45, 2.75) is 26.2 Å². The monoisotopic (exact) mass is 365 g/mol. The van der Waals surface area contributed by atoms with Gasteiger partial charge >= 0.3 is 0 Å². The summed E-state index contributed by atoms with van der Waals surface area (Å²) in [4.78, 5) is 14.7. The fraction of sp³-hybridized carbons (Fsp3) is 0.611. The number of anilines is 1. The molecule has 3 rings (SSSR count). The molecule has 2 aliphatic heterocycles. The van der Waals surface area contributed by atoms with Gasteiger partial charge in [-0.2, -0.15) is 0 Å². The van der Waals surface area contributed by atoms with Crippen LogP contribution in [0, 0.1) is 11.8 Å². The normalized spacial score (nSPS) is 23.8. The Hall–Kier alpha value is -1.60. The Morgan fingerprint density at radius 1 is 1.16 bits per heavy atom. The number of amides is 1. The largest absolute Gasteiger partial charge is 0.339 e. The third-order valence-electron chi connectivity index (χ3n) is 5.18. The van der Waals surface area contributed by atoms with Crippen molar-refractivity contribution in [2.24, 2.45) is 11.8 Å². The number of likely N-dealkylation sites (tertiary alicyclic amines) is 1. The molecule has 1 aromatic carbocycles. The fourth-order valence-electron chi connectivity index (χ4n) is 3.78. The summed E-state index contributed by atoms with van der Waals surface area (Å²) in [5.74, 6) is 1.51. The maximum atomic E-state index is 12.7. The Labute approximate surface area is 150 Å². The third-order valence-corrected chi connectivity index (χ3v) is 6.68. The van der Waals surface area contributed by atoms with Gasteiger partial charge in [0.2, 0.25) is 10.0 Å². The van der Waals surface area contributed by atoms with E-state index in [1.54, 1.807) is 24.3 Å². The van der Waals surface area contributed by atoms with E-state index in [2.05, 4.69) is 10.0 Å². The van der Waals surface area contributed by atoms with Gasteiger partial charge in [-0.15, -0.1) is 0 Å². The highest BCUT2D eigenvalue weighted by atomic mass is 32.2. The maximum absolute atomic E-state index is 12.7. The number of sulfonamides is 1. The summed E-state index contributed by atoms with van der Waals surface area (Å²) in [5, 5.41) is 3.44. The van der Waals surface area contributed by atoms with E-state index in [0.29, 0.717) is 29.5 Å². The molecule has 0 unspecified atom stereocenters. The van der Waals surface area contributed by atoms with E-state index < -0.39 is 10.0 Å². The van der Waals surface area contributed by atoms with Gasteiger partial charge in [-0.05, 0) is 68.5 Å². The first kappa shape index (κ1) is 18.2. The first-order valence-corrected chi connectivity index (χ1v) is 10.7. The van der Waals surface area contributed by atoms with E-state index in [1.165, 1.54) is 0 Å². The molecule has 7 heteroatoms. The number of nitrogens with one attached hydrogen (secondary N) is 2. The van der Waals surface area contributed by atoms with Crippen molar-refractivity contribution in [1.82, 2.24) is 10.2 Å². The van der Waals surface area contributed by atoms with Crippen LogP contribution in [0.5, 0.6) is 0 Å². The molecule has 138 valence electrons. The molecule has 0 saturated carbocycles. The summed E-state index contributed by atoms with van der Waals surface area (Å²) in [6.45, 7) is 5.56. The molecular formula is C18H27N3O3S. The second-order valence-corrected chi connectivity index (χ2v) is 8.89. The number of benzene rings is 1. The zero-order valence-corrected chi connectivity index (χ0v) is 15.5. The smallest absolute Gasteiger partial charge is 0.253 e. The van der Waals surface area contributed by atoms with Crippen LogP contribution < -0.4 is 10.0 Å². The molecule has 0 spiro atoms. The van der Waals surface area contributed by atoms with Crippen LogP contribution in [-0.4, -0.2) is 51.2 Å². The van der Waals surface area contributed by atoms with Crippen LogP contribution in [0.4, 0.5) is 5.69 Å². The van der Waals surface area contributed by atoms with E-state index in [9.17, 15) is 13.2 Å². The van der Waals surface area contributed by atoms with Crippen LogP contribution >= 0.6 is 0 Å². The number of fused-ring (bicyclic) bond motifs is 1. The Morgan fingerprint density at radius 2 is 1.76 bits per heavy atom. The van der Waals surface area contributed by atoms with E-state index in [-0.39, 0.29) is 11.7 Å². The van der Waals surface area contributed by atoms with Gasteiger partial charge in [-0.3, -0.25) is 9.52 Å². The van der Waals surface area contributed by atoms with E-state index in [1.807, 2.05) is 11.8 Å². The van der Waals surface area contributed by atoms with Crippen LogP contribution in [0.1, 0.15) is 36.5 Å². The molecule has 25 heavy (non-hydrogen) atoms. The lowest BCUT2D eigenvalue weighted by Gasteiger charge is -2.21. The van der Waals surface area contributed by atoms with Crippen molar-refractivity contribution in [3.8, 4) is 0 Å². The molecule has 2 heterocycles. The summed E-state index contributed by atoms with van der Waals surface area (Å²) >= 11 is 0. The van der Waals surface area contributed by atoms with E-state index in [4.69, 9.17) is 0 Å². The number of hydrogen-bond acceptors (Lipinski definition) is 4. The number of nitrogens with zero attached hydrogens (tertiary/aromatic N) is 1. The average Bonchev–Trinajstić information content (AvgIpc) is 2.93. The summed E-state index contributed by atoms with van der Waals surface area (Å²) in [6, 6.07) is 6.74. The Kier molecular flexibility index (Phi) is 5.64. The lowest BCUT2D eigenvalue weighted by molar-refractivity contribution is 0.0758. The van der Waals surface area contributed by atoms with Crippen molar-refractivity contribution < 1.29 is 13.2 Å². The van der Waals surface area contributed by atoms with Gasteiger partial charge in [0.05, 0.1) is 5.75 Å². The SMILES string of the molecule is CCCS(=O)(=O)Nc1ccc(C(=O)N2CC[C@@H]3CNC[C@@H]3CC2)cc1. The van der Waals surface area contributed by atoms with Crippen molar-refractivity contribution >= 4 is 21.6 Å². The van der Waals surface area contributed by atoms with E-state index >= 15 is 0 Å².